The standard InChI is InChI=1S/C91H161N3O39/c1-6-8-10-12-14-16-18-20-21-22-23-24-25-26-27-29-31-33-35-37-39-41-66(108)94-56(57(104)40-38-36-34-32-30-28-19-17-15-13-11-9-7-2)51-122-85-76(116)74(114)79(64(49-99)125-85)128-87-77(117)83(80(65(50-100)126-87)129-84-55(42-52(3)101)78(71(111)62(47-97)123-84)127-86-75(115)73(113)70(110)61(46-96)124-86)133-91(89(120)121)44-59(106)68(93-54(5)103)82(132-91)72(112)63(48-98)130-90(88(118)119)43-58(105)67(92-53(4)102)81(131-90)69(109)60(107)45-95/h38,40,55-65,67-87,95-100,104-107,109-117H,6-37,39,41-51H2,1-5H3,(H,92,102)(H,93,103)(H,94,108)(H,118,119)(H,120,121). The van der Waals surface area contributed by atoms with Gasteiger partial charge in [0.2, 0.25) is 17.7 Å². The maximum atomic E-state index is 14.5. The summed E-state index contributed by atoms with van der Waals surface area (Å²) in [7, 11) is 0. The number of carboxylic acid groups (broad SMARTS) is 2. The Morgan fingerprint density at radius 3 is 1.30 bits per heavy atom. The van der Waals surface area contributed by atoms with E-state index in [-0.39, 0.29) is 6.42 Å². The smallest absolute Gasteiger partial charge is 0.364 e. The fourth-order valence-electron chi connectivity index (χ4n) is 18.2. The van der Waals surface area contributed by atoms with Crippen molar-refractivity contribution >= 4 is 35.4 Å². The van der Waals surface area contributed by atoms with Gasteiger partial charge in [0.15, 0.2) is 25.2 Å². The number of rotatable bonds is 66. The molecule has 6 aliphatic heterocycles. The monoisotopic (exact) mass is 1920 g/mol. The highest BCUT2D eigenvalue weighted by molar-refractivity contribution is 5.78. The lowest BCUT2D eigenvalue weighted by atomic mass is 9.86. The van der Waals surface area contributed by atoms with Crippen LogP contribution in [0.2, 0.25) is 0 Å². The molecule has 6 saturated heterocycles. The normalized spacial score (nSPS) is 34.1. The SMILES string of the molecule is CCCCCCCCCCCCCC=CC(O)C(COC1OC(CO)C(OC2OC(CO)C(OC3OC(CO)C(O)C(OC4OC(CO)C(O)C(O)C4O)C3CC(C)=O)C(OC3(C(=O)O)CC(O)C(NC(C)=O)C(C(O)C(CO)OC4(C(=O)O)CC(O)C(NC(C)=O)C(C(O)C(O)CO)O4)O3)C2O)C(O)C1O)NC(=O)CCCCCCCCCCCCCCCCCCCCCCC. The second-order valence-electron chi connectivity index (χ2n) is 36.7. The number of aliphatic hydroxyl groups is 19. The van der Waals surface area contributed by atoms with Crippen LogP contribution >= 0.6 is 0 Å². The number of ether oxygens (including phenoxy) is 12. The van der Waals surface area contributed by atoms with Gasteiger partial charge < -0.3 is 185 Å². The van der Waals surface area contributed by atoms with Crippen LogP contribution in [-0.2, 0) is 85.6 Å². The summed E-state index contributed by atoms with van der Waals surface area (Å²) >= 11 is 0. The molecule has 0 spiro atoms. The molecule has 6 rings (SSSR count). The highest BCUT2D eigenvalue weighted by Gasteiger charge is 2.64. The van der Waals surface area contributed by atoms with Crippen molar-refractivity contribution in [3.63, 3.8) is 0 Å². The number of hydrogen-bond donors (Lipinski definition) is 24. The Morgan fingerprint density at radius 1 is 0.429 bits per heavy atom. The lowest BCUT2D eigenvalue weighted by Crippen LogP contribution is -2.72. The first-order valence-electron chi connectivity index (χ1n) is 48.4. The number of Topliss-reactive ketones (excluding diaryl/α,β-unsaturated/α-hetero) is 1. The lowest BCUT2D eigenvalue weighted by molar-refractivity contribution is -0.407. The Kier molecular flexibility index (Phi) is 54.0. The molecule has 24 N–H and O–H groups in total. The molecule has 0 aliphatic carbocycles. The minimum absolute atomic E-state index is 0.0892. The molecule has 774 valence electrons. The quantitative estimate of drug-likeness (QED) is 0.0271. The topological polar surface area (TPSA) is 674 Å². The Bertz CT molecular complexity index is 3310. The number of carbonyl (C=O) groups excluding carboxylic acids is 4. The summed E-state index contributed by atoms with van der Waals surface area (Å²) in [5.74, 6) is -16.5. The molecule has 0 radical (unpaired) electrons. The molecule has 0 bridgehead atoms. The van der Waals surface area contributed by atoms with Crippen molar-refractivity contribution in [3.05, 3.63) is 12.2 Å². The van der Waals surface area contributed by atoms with E-state index in [1.807, 2.05) is 0 Å². The van der Waals surface area contributed by atoms with Gasteiger partial charge in [-0.2, -0.15) is 0 Å². The average Bonchev–Trinajstić information content (AvgIpc) is 0.938. The number of ketones is 1. The number of amides is 3. The van der Waals surface area contributed by atoms with Crippen molar-refractivity contribution in [3.8, 4) is 0 Å². The van der Waals surface area contributed by atoms with Crippen LogP contribution in [-0.4, -0.2) is 390 Å². The van der Waals surface area contributed by atoms with Crippen LogP contribution in [0.4, 0.5) is 0 Å². The molecule has 6 heterocycles. The number of carboxylic acids is 2. The van der Waals surface area contributed by atoms with Gasteiger partial charge in [-0.1, -0.05) is 219 Å². The maximum absolute atomic E-state index is 14.5. The lowest BCUT2D eigenvalue weighted by Gasteiger charge is -2.53. The Morgan fingerprint density at radius 2 is 0.835 bits per heavy atom. The van der Waals surface area contributed by atoms with Crippen LogP contribution in [0.25, 0.3) is 0 Å². The zero-order valence-corrected chi connectivity index (χ0v) is 78.0. The van der Waals surface area contributed by atoms with E-state index in [1.165, 1.54) is 141 Å². The third-order valence-corrected chi connectivity index (χ3v) is 25.9. The highest BCUT2D eigenvalue weighted by Crippen LogP contribution is 2.44. The number of carbonyl (C=O) groups is 6. The fraction of sp³-hybridized carbons (Fsp3) is 0.912. The summed E-state index contributed by atoms with van der Waals surface area (Å²) in [6, 6.07) is -5.10. The van der Waals surface area contributed by atoms with Crippen molar-refractivity contribution < 1.29 is 193 Å². The van der Waals surface area contributed by atoms with Crippen LogP contribution < -0.4 is 16.0 Å². The van der Waals surface area contributed by atoms with E-state index in [4.69, 9.17) is 56.8 Å². The van der Waals surface area contributed by atoms with Crippen molar-refractivity contribution in [2.45, 2.75) is 474 Å². The van der Waals surface area contributed by atoms with Gasteiger partial charge in [0.05, 0.1) is 88.8 Å². The fourth-order valence-corrected chi connectivity index (χ4v) is 18.2. The van der Waals surface area contributed by atoms with Gasteiger partial charge >= 0.3 is 11.9 Å². The number of allylic oxidation sites excluding steroid dienone is 1. The molecule has 34 unspecified atom stereocenters. The second-order valence-corrected chi connectivity index (χ2v) is 36.7. The summed E-state index contributed by atoms with van der Waals surface area (Å²) in [4.78, 5) is 80.6. The van der Waals surface area contributed by atoms with E-state index in [0.717, 1.165) is 85.0 Å². The zero-order valence-electron chi connectivity index (χ0n) is 78.0. The molecule has 0 saturated carbocycles. The van der Waals surface area contributed by atoms with Gasteiger partial charge in [-0.15, -0.1) is 0 Å². The minimum Gasteiger partial charge on any atom is -0.477 e. The molecule has 0 aromatic carbocycles. The second kappa shape index (κ2) is 61.3. The van der Waals surface area contributed by atoms with Gasteiger partial charge in [0.1, 0.15) is 128 Å². The van der Waals surface area contributed by atoms with Gasteiger partial charge in [-0.05, 0) is 26.2 Å². The third kappa shape index (κ3) is 35.9. The van der Waals surface area contributed by atoms with E-state index >= 15 is 0 Å². The van der Waals surface area contributed by atoms with Gasteiger partial charge in [0, 0.05) is 45.4 Å². The molecule has 42 heteroatoms. The first-order chi connectivity index (χ1) is 63.6. The van der Waals surface area contributed by atoms with Crippen LogP contribution in [0.3, 0.4) is 0 Å². The Hall–Kier alpha value is -4.48. The largest absolute Gasteiger partial charge is 0.477 e. The molecular formula is C91H161N3O39. The summed E-state index contributed by atoms with van der Waals surface area (Å²) in [6.07, 6.45) is -23.9. The average molecular weight is 1920 g/mol. The molecule has 3 amide bonds. The zero-order chi connectivity index (χ0) is 98.1. The van der Waals surface area contributed by atoms with E-state index in [0.29, 0.717) is 12.8 Å². The molecule has 6 aliphatic rings. The first kappa shape index (κ1) is 117. The van der Waals surface area contributed by atoms with Gasteiger partial charge in [-0.3, -0.25) is 14.4 Å². The number of aliphatic carboxylic acids is 2. The molecule has 6 fully saturated rings. The van der Waals surface area contributed by atoms with Crippen LogP contribution in [0.5, 0.6) is 0 Å². The third-order valence-electron chi connectivity index (χ3n) is 25.9. The van der Waals surface area contributed by atoms with Crippen LogP contribution in [0, 0.1) is 5.92 Å². The van der Waals surface area contributed by atoms with Crippen molar-refractivity contribution in [1.29, 1.82) is 0 Å². The predicted octanol–water partition coefficient (Wildman–Crippen LogP) is -0.437. The van der Waals surface area contributed by atoms with E-state index in [1.54, 1.807) is 6.08 Å². The number of hydrogen-bond acceptors (Lipinski definition) is 37. The molecule has 34 atom stereocenters. The summed E-state index contributed by atoms with van der Waals surface area (Å²) in [5, 5.41) is 246. The van der Waals surface area contributed by atoms with E-state index < -0.39 is 308 Å². The van der Waals surface area contributed by atoms with Crippen molar-refractivity contribution in [2.75, 3.05) is 46.2 Å². The molecule has 0 aromatic heterocycles. The molecule has 42 nitrogen and oxygen atoms in total. The molecular weight excluding hydrogens is 1760 g/mol. The summed E-state index contributed by atoms with van der Waals surface area (Å²) < 4.78 is 72.6. The number of nitrogens with one attached hydrogen (secondary N) is 3. The Labute approximate surface area is 779 Å². The van der Waals surface area contributed by atoms with Crippen molar-refractivity contribution in [2.24, 2.45) is 5.92 Å². The van der Waals surface area contributed by atoms with E-state index in [2.05, 4.69) is 29.8 Å². The Balaban J connectivity index is 1.29. The van der Waals surface area contributed by atoms with Crippen molar-refractivity contribution in [1.82, 2.24) is 16.0 Å². The summed E-state index contributed by atoms with van der Waals surface area (Å²) in [5.41, 5.74) is 0. The van der Waals surface area contributed by atoms with Crippen LogP contribution in [0.1, 0.15) is 272 Å². The highest BCUT2D eigenvalue weighted by atomic mass is 16.8. The van der Waals surface area contributed by atoms with E-state index in [9.17, 15) is 136 Å². The van der Waals surface area contributed by atoms with Gasteiger partial charge in [0.25, 0.3) is 11.6 Å². The first-order valence-corrected chi connectivity index (χ1v) is 48.4. The molecule has 0 aromatic rings. The van der Waals surface area contributed by atoms with Crippen LogP contribution in [0.15, 0.2) is 12.2 Å². The van der Waals surface area contributed by atoms with Gasteiger partial charge in [-0.25, -0.2) is 9.59 Å². The predicted molar refractivity (Wildman–Crippen MR) is 469 cm³/mol. The minimum atomic E-state index is -3.68. The number of unbranched alkanes of at least 4 members (excludes halogenated alkanes) is 31. The number of aliphatic hydroxyl groups excluding tert-OH is 19. The molecule has 133 heavy (non-hydrogen) atoms. The summed E-state index contributed by atoms with van der Waals surface area (Å²) in [6.45, 7) is -0.751. The maximum Gasteiger partial charge on any atom is 0.364 e.